The molecule has 0 aliphatic rings. The van der Waals surface area contributed by atoms with Gasteiger partial charge in [-0.3, -0.25) is 25.2 Å². The van der Waals surface area contributed by atoms with Gasteiger partial charge >= 0.3 is 0 Å². The summed E-state index contributed by atoms with van der Waals surface area (Å²) in [5, 5.41) is 2.69. The van der Waals surface area contributed by atoms with Gasteiger partial charge in [0.15, 0.2) is 0 Å². The maximum absolute atomic E-state index is 12.2. The number of anilines is 1. The molecule has 0 heterocycles. The molecule has 3 amide bonds. The monoisotopic (exact) mass is 463 g/mol. The quantitative estimate of drug-likeness (QED) is 0.391. The zero-order chi connectivity index (χ0) is 21.1. The fourth-order valence-electron chi connectivity index (χ4n) is 2.23. The Morgan fingerprint density at radius 3 is 2.34 bits per heavy atom. The Morgan fingerprint density at radius 1 is 0.931 bits per heavy atom. The minimum Gasteiger partial charge on any atom is -0.490 e. The summed E-state index contributed by atoms with van der Waals surface area (Å²) in [6.07, 6.45) is -0.0649. The standard InChI is InChI=1S/C20H22BrN3O5/c1-28-11-12-29-17-8-7-14(13-16(17)21)20(27)24-23-19(26)10-9-18(25)22-15-5-3-2-4-6-15/h2-8,13H,9-12H2,1H3,(H,22,25)(H,23,26)(H,24,27). The zero-order valence-corrected chi connectivity index (χ0v) is 17.5. The van der Waals surface area contributed by atoms with Crippen LogP contribution in [0.2, 0.25) is 0 Å². The molecule has 0 aliphatic heterocycles. The summed E-state index contributed by atoms with van der Waals surface area (Å²) in [6, 6.07) is 13.7. The predicted molar refractivity (Wildman–Crippen MR) is 111 cm³/mol. The molecule has 0 radical (unpaired) electrons. The van der Waals surface area contributed by atoms with Crippen molar-refractivity contribution in [2.45, 2.75) is 12.8 Å². The van der Waals surface area contributed by atoms with Crippen molar-refractivity contribution < 1.29 is 23.9 Å². The number of hydrogen-bond acceptors (Lipinski definition) is 5. The maximum atomic E-state index is 12.2. The molecule has 0 fully saturated rings. The lowest BCUT2D eigenvalue weighted by molar-refractivity contribution is -0.124. The number of benzene rings is 2. The molecule has 9 heteroatoms. The van der Waals surface area contributed by atoms with Crippen molar-refractivity contribution in [1.82, 2.24) is 10.9 Å². The highest BCUT2D eigenvalue weighted by molar-refractivity contribution is 9.10. The number of carbonyl (C=O) groups excluding carboxylic acids is 3. The van der Waals surface area contributed by atoms with Crippen molar-refractivity contribution in [3.63, 3.8) is 0 Å². The first-order chi connectivity index (χ1) is 14.0. The molecular formula is C20H22BrN3O5. The Hall–Kier alpha value is -2.91. The summed E-state index contributed by atoms with van der Waals surface area (Å²) in [5.41, 5.74) is 5.60. The van der Waals surface area contributed by atoms with Crippen molar-refractivity contribution in [3.05, 3.63) is 58.6 Å². The molecular weight excluding hydrogens is 442 g/mol. The van der Waals surface area contributed by atoms with E-state index in [4.69, 9.17) is 9.47 Å². The lowest BCUT2D eigenvalue weighted by Gasteiger charge is -2.10. The van der Waals surface area contributed by atoms with Crippen LogP contribution in [0.3, 0.4) is 0 Å². The van der Waals surface area contributed by atoms with Crippen LogP contribution in [0.15, 0.2) is 53.0 Å². The van der Waals surface area contributed by atoms with Gasteiger partial charge in [0, 0.05) is 31.2 Å². The van der Waals surface area contributed by atoms with Crippen LogP contribution in [0, 0.1) is 0 Å². The van der Waals surface area contributed by atoms with Crippen LogP contribution in [0.25, 0.3) is 0 Å². The molecule has 0 saturated heterocycles. The molecule has 0 bridgehead atoms. The van der Waals surface area contributed by atoms with Crippen LogP contribution in [-0.4, -0.2) is 38.0 Å². The van der Waals surface area contributed by atoms with Gasteiger partial charge in [-0.05, 0) is 46.3 Å². The van der Waals surface area contributed by atoms with E-state index in [0.29, 0.717) is 34.7 Å². The number of rotatable bonds is 9. The second-order valence-electron chi connectivity index (χ2n) is 5.90. The van der Waals surface area contributed by atoms with E-state index in [2.05, 4.69) is 32.1 Å². The molecule has 0 aromatic heterocycles. The normalized spacial score (nSPS) is 10.1. The smallest absolute Gasteiger partial charge is 0.269 e. The van der Waals surface area contributed by atoms with E-state index >= 15 is 0 Å². The second kappa shape index (κ2) is 11.8. The summed E-state index contributed by atoms with van der Waals surface area (Å²) in [7, 11) is 1.58. The molecule has 29 heavy (non-hydrogen) atoms. The fourth-order valence-corrected chi connectivity index (χ4v) is 2.72. The third-order valence-corrected chi connectivity index (χ3v) is 4.31. The van der Waals surface area contributed by atoms with Crippen LogP contribution in [0.4, 0.5) is 5.69 Å². The highest BCUT2D eigenvalue weighted by Crippen LogP contribution is 2.25. The average Bonchev–Trinajstić information content (AvgIpc) is 2.72. The van der Waals surface area contributed by atoms with Crippen molar-refractivity contribution in [1.29, 1.82) is 0 Å². The number of ether oxygens (including phenoxy) is 2. The number of hydrogen-bond donors (Lipinski definition) is 3. The number of hydrazine groups is 1. The summed E-state index contributed by atoms with van der Waals surface area (Å²) in [6.45, 7) is 0.832. The van der Waals surface area contributed by atoms with E-state index in [1.54, 1.807) is 49.6 Å². The average molecular weight is 464 g/mol. The van der Waals surface area contributed by atoms with Gasteiger partial charge in [0.05, 0.1) is 11.1 Å². The number of para-hydroxylation sites is 1. The number of methoxy groups -OCH3 is 1. The molecule has 8 nitrogen and oxygen atoms in total. The van der Waals surface area contributed by atoms with Gasteiger partial charge in [-0.25, -0.2) is 0 Å². The van der Waals surface area contributed by atoms with Gasteiger partial charge in [-0.2, -0.15) is 0 Å². The molecule has 2 rings (SSSR count). The topological polar surface area (TPSA) is 106 Å². The van der Waals surface area contributed by atoms with Gasteiger partial charge in [0.2, 0.25) is 11.8 Å². The van der Waals surface area contributed by atoms with E-state index < -0.39 is 11.8 Å². The van der Waals surface area contributed by atoms with Gasteiger partial charge in [-0.15, -0.1) is 0 Å². The third-order valence-electron chi connectivity index (χ3n) is 3.69. The van der Waals surface area contributed by atoms with E-state index in [0.717, 1.165) is 0 Å². The van der Waals surface area contributed by atoms with Crippen molar-refractivity contribution >= 4 is 39.3 Å². The van der Waals surface area contributed by atoms with Crippen molar-refractivity contribution in [2.75, 3.05) is 25.6 Å². The summed E-state index contributed by atoms with van der Waals surface area (Å²) < 4.78 is 11.0. The highest BCUT2D eigenvalue weighted by atomic mass is 79.9. The first kappa shape index (κ1) is 22.4. The van der Waals surface area contributed by atoms with E-state index in [1.807, 2.05) is 6.07 Å². The van der Waals surface area contributed by atoms with Crippen LogP contribution >= 0.6 is 15.9 Å². The molecule has 0 spiro atoms. The van der Waals surface area contributed by atoms with Crippen LogP contribution in [0.1, 0.15) is 23.2 Å². The molecule has 2 aromatic carbocycles. The molecule has 154 valence electrons. The number of carbonyl (C=O) groups is 3. The lowest BCUT2D eigenvalue weighted by Crippen LogP contribution is -2.41. The Labute approximate surface area is 177 Å². The number of amides is 3. The molecule has 2 aromatic rings. The molecule has 0 saturated carbocycles. The Morgan fingerprint density at radius 2 is 1.66 bits per heavy atom. The second-order valence-corrected chi connectivity index (χ2v) is 6.76. The summed E-state index contributed by atoms with van der Waals surface area (Å²) in [5.74, 6) is -0.672. The number of nitrogens with one attached hydrogen (secondary N) is 3. The molecule has 3 N–H and O–H groups in total. The van der Waals surface area contributed by atoms with Gasteiger partial charge < -0.3 is 14.8 Å². The summed E-state index contributed by atoms with van der Waals surface area (Å²) >= 11 is 3.34. The zero-order valence-electron chi connectivity index (χ0n) is 15.9. The van der Waals surface area contributed by atoms with Crippen LogP contribution in [-0.2, 0) is 14.3 Å². The van der Waals surface area contributed by atoms with E-state index in [1.165, 1.54) is 0 Å². The Balaban J connectivity index is 1.74. The minimum atomic E-state index is -0.490. The first-order valence-corrected chi connectivity index (χ1v) is 9.64. The largest absolute Gasteiger partial charge is 0.490 e. The van der Waals surface area contributed by atoms with Crippen molar-refractivity contribution in [2.24, 2.45) is 0 Å². The lowest BCUT2D eigenvalue weighted by atomic mass is 10.2. The molecule has 0 aliphatic carbocycles. The van der Waals surface area contributed by atoms with Crippen molar-refractivity contribution in [3.8, 4) is 5.75 Å². The minimum absolute atomic E-state index is 0.00431. The van der Waals surface area contributed by atoms with Crippen LogP contribution < -0.4 is 20.9 Å². The van der Waals surface area contributed by atoms with Crippen LogP contribution in [0.5, 0.6) is 5.75 Å². The Kier molecular flexibility index (Phi) is 9.13. The first-order valence-electron chi connectivity index (χ1n) is 8.85. The molecule has 0 atom stereocenters. The van der Waals surface area contributed by atoms with Gasteiger partial charge in [-0.1, -0.05) is 18.2 Å². The van der Waals surface area contributed by atoms with E-state index in [9.17, 15) is 14.4 Å². The maximum Gasteiger partial charge on any atom is 0.269 e. The number of halogens is 1. The fraction of sp³-hybridized carbons (Fsp3) is 0.250. The Bertz CT molecular complexity index is 845. The molecule has 0 unspecified atom stereocenters. The SMILES string of the molecule is COCCOc1ccc(C(=O)NNC(=O)CCC(=O)Nc2ccccc2)cc1Br. The van der Waals surface area contributed by atoms with Gasteiger partial charge in [0.25, 0.3) is 5.91 Å². The predicted octanol–water partition coefficient (Wildman–Crippen LogP) is 2.65. The summed E-state index contributed by atoms with van der Waals surface area (Å²) in [4.78, 5) is 35.9. The van der Waals surface area contributed by atoms with Gasteiger partial charge in [0.1, 0.15) is 12.4 Å². The third kappa shape index (κ3) is 7.92. The van der Waals surface area contributed by atoms with E-state index in [-0.39, 0.29) is 18.7 Å². The highest BCUT2D eigenvalue weighted by Gasteiger charge is 2.12.